The topological polar surface area (TPSA) is 85.3 Å². The van der Waals surface area contributed by atoms with E-state index < -0.39 is 0 Å². The highest BCUT2D eigenvalue weighted by Gasteiger charge is 2.15. The van der Waals surface area contributed by atoms with Crippen molar-refractivity contribution < 1.29 is 9.21 Å². The molecule has 7 nitrogen and oxygen atoms in total. The molecule has 4 heterocycles. The molecule has 26 heavy (non-hydrogen) atoms. The number of hydrogen-bond donors (Lipinski definition) is 1. The van der Waals surface area contributed by atoms with Crippen LogP contribution in [0.15, 0.2) is 59.3 Å². The van der Waals surface area contributed by atoms with Crippen molar-refractivity contribution in [3.8, 4) is 11.4 Å². The predicted molar refractivity (Wildman–Crippen MR) is 95.5 cm³/mol. The zero-order valence-electron chi connectivity index (χ0n) is 14.2. The minimum Gasteiger partial charge on any atom is -0.467 e. The quantitative estimate of drug-likeness (QED) is 0.600. The molecule has 1 N–H and O–H groups in total. The number of furan rings is 1. The Balaban J connectivity index is 1.66. The van der Waals surface area contributed by atoms with E-state index in [0.717, 1.165) is 23.5 Å². The van der Waals surface area contributed by atoms with Crippen molar-refractivity contribution in [2.75, 3.05) is 0 Å². The van der Waals surface area contributed by atoms with E-state index in [0.29, 0.717) is 23.6 Å². The minimum absolute atomic E-state index is 0.251. The van der Waals surface area contributed by atoms with Gasteiger partial charge in [-0.25, -0.2) is 9.50 Å². The van der Waals surface area contributed by atoms with E-state index in [4.69, 9.17) is 4.42 Å². The second kappa shape index (κ2) is 6.79. The summed E-state index contributed by atoms with van der Waals surface area (Å²) in [5.74, 6) is 0.441. The van der Waals surface area contributed by atoms with Crippen LogP contribution >= 0.6 is 0 Å². The first-order chi connectivity index (χ1) is 12.7. The molecule has 0 saturated heterocycles. The number of nitrogens with one attached hydrogen (secondary N) is 1. The molecule has 0 aromatic carbocycles. The van der Waals surface area contributed by atoms with Gasteiger partial charge in [0.15, 0.2) is 5.65 Å². The van der Waals surface area contributed by atoms with Gasteiger partial charge in [-0.1, -0.05) is 13.0 Å². The minimum atomic E-state index is -0.251. The number of aryl methyl sites for hydroxylation is 1. The Kier molecular flexibility index (Phi) is 4.18. The van der Waals surface area contributed by atoms with Gasteiger partial charge in [-0.2, -0.15) is 5.10 Å². The second-order valence-corrected chi connectivity index (χ2v) is 5.76. The van der Waals surface area contributed by atoms with Crippen molar-refractivity contribution in [1.82, 2.24) is 24.9 Å². The maximum absolute atomic E-state index is 12.5. The normalized spacial score (nSPS) is 11.0. The van der Waals surface area contributed by atoms with Gasteiger partial charge in [0.25, 0.3) is 5.91 Å². The Hall–Kier alpha value is -3.48. The zero-order chi connectivity index (χ0) is 17.9. The second-order valence-electron chi connectivity index (χ2n) is 5.76. The van der Waals surface area contributed by atoms with Crippen LogP contribution in [0, 0.1) is 0 Å². The largest absolute Gasteiger partial charge is 0.467 e. The van der Waals surface area contributed by atoms with Crippen LogP contribution in [0.2, 0.25) is 0 Å². The lowest BCUT2D eigenvalue weighted by Crippen LogP contribution is -2.24. The van der Waals surface area contributed by atoms with Crippen LogP contribution < -0.4 is 5.32 Å². The number of carbonyl (C=O) groups is 1. The van der Waals surface area contributed by atoms with Crippen molar-refractivity contribution >= 4 is 11.6 Å². The summed E-state index contributed by atoms with van der Waals surface area (Å²) in [5, 5.41) is 7.40. The molecule has 0 aliphatic rings. The van der Waals surface area contributed by atoms with Crippen LogP contribution in [0.4, 0.5) is 0 Å². The fraction of sp³-hybridized carbons (Fsp3) is 0.158. The summed E-state index contributed by atoms with van der Waals surface area (Å²) < 4.78 is 6.99. The van der Waals surface area contributed by atoms with E-state index in [1.165, 1.54) is 0 Å². The van der Waals surface area contributed by atoms with Gasteiger partial charge in [0.1, 0.15) is 17.1 Å². The van der Waals surface area contributed by atoms with Crippen molar-refractivity contribution in [3.05, 3.63) is 72.1 Å². The zero-order valence-corrected chi connectivity index (χ0v) is 14.2. The molecule has 0 radical (unpaired) electrons. The van der Waals surface area contributed by atoms with Crippen molar-refractivity contribution in [1.29, 1.82) is 0 Å². The average molecular weight is 347 g/mol. The standard InChI is InChI=1S/C19H17N5O2/c1-2-13-10-17(19(25)21-12-14-6-5-9-26-14)22-18-11-16(23-24(13)18)15-7-3-4-8-20-15/h3-11H,2,12H2,1H3,(H,21,25). The van der Waals surface area contributed by atoms with E-state index in [1.807, 2.05) is 37.3 Å². The fourth-order valence-electron chi connectivity index (χ4n) is 2.72. The highest BCUT2D eigenvalue weighted by Crippen LogP contribution is 2.18. The summed E-state index contributed by atoms with van der Waals surface area (Å²) >= 11 is 0. The molecule has 4 rings (SSSR count). The first-order valence-corrected chi connectivity index (χ1v) is 8.36. The van der Waals surface area contributed by atoms with Crippen molar-refractivity contribution in [2.24, 2.45) is 0 Å². The number of amides is 1. The van der Waals surface area contributed by atoms with E-state index in [2.05, 4.69) is 20.4 Å². The third-order valence-electron chi connectivity index (χ3n) is 4.03. The van der Waals surface area contributed by atoms with Gasteiger partial charge < -0.3 is 9.73 Å². The fourth-order valence-corrected chi connectivity index (χ4v) is 2.72. The lowest BCUT2D eigenvalue weighted by atomic mass is 10.2. The summed E-state index contributed by atoms with van der Waals surface area (Å²) in [6, 6.07) is 12.9. The van der Waals surface area contributed by atoms with Crippen molar-refractivity contribution in [3.63, 3.8) is 0 Å². The number of nitrogens with zero attached hydrogens (tertiary/aromatic N) is 4. The maximum atomic E-state index is 12.5. The number of aromatic nitrogens is 4. The Bertz CT molecular complexity index is 1040. The summed E-state index contributed by atoms with van der Waals surface area (Å²) in [6.07, 6.45) is 4.02. The molecule has 0 unspecified atom stereocenters. The summed E-state index contributed by atoms with van der Waals surface area (Å²) in [7, 11) is 0. The highest BCUT2D eigenvalue weighted by atomic mass is 16.3. The van der Waals surface area contributed by atoms with Crippen LogP contribution in [-0.2, 0) is 13.0 Å². The third kappa shape index (κ3) is 3.06. The highest BCUT2D eigenvalue weighted by molar-refractivity contribution is 5.92. The maximum Gasteiger partial charge on any atom is 0.270 e. The molecule has 0 bridgehead atoms. The lowest BCUT2D eigenvalue weighted by molar-refractivity contribution is 0.0943. The molecule has 0 spiro atoms. The summed E-state index contributed by atoms with van der Waals surface area (Å²) in [5.41, 5.74) is 3.37. The van der Waals surface area contributed by atoms with E-state index in [1.54, 1.807) is 29.1 Å². The van der Waals surface area contributed by atoms with Gasteiger partial charge in [-0.3, -0.25) is 9.78 Å². The van der Waals surface area contributed by atoms with Crippen LogP contribution in [0.3, 0.4) is 0 Å². The van der Waals surface area contributed by atoms with Gasteiger partial charge in [-0.05, 0) is 36.8 Å². The summed E-state index contributed by atoms with van der Waals surface area (Å²) in [6.45, 7) is 2.33. The van der Waals surface area contributed by atoms with Crippen LogP contribution in [0.5, 0.6) is 0 Å². The molecule has 0 atom stereocenters. The molecule has 4 aromatic rings. The van der Waals surface area contributed by atoms with Crippen molar-refractivity contribution in [2.45, 2.75) is 19.9 Å². The molecule has 4 aromatic heterocycles. The van der Waals surface area contributed by atoms with Crippen LogP contribution in [0.25, 0.3) is 17.0 Å². The van der Waals surface area contributed by atoms with Crippen LogP contribution in [-0.4, -0.2) is 25.5 Å². The predicted octanol–water partition coefficient (Wildman–Crippen LogP) is 2.88. The Morgan fingerprint density at radius 2 is 2.12 bits per heavy atom. The third-order valence-corrected chi connectivity index (χ3v) is 4.03. The number of fused-ring (bicyclic) bond motifs is 1. The molecular formula is C19H17N5O2. The molecule has 7 heteroatoms. The lowest BCUT2D eigenvalue weighted by Gasteiger charge is -2.06. The van der Waals surface area contributed by atoms with Gasteiger partial charge >= 0.3 is 0 Å². The molecule has 130 valence electrons. The van der Waals surface area contributed by atoms with E-state index >= 15 is 0 Å². The first-order valence-electron chi connectivity index (χ1n) is 8.36. The first kappa shape index (κ1) is 16.0. The molecule has 0 fully saturated rings. The number of rotatable bonds is 5. The molecule has 0 aliphatic heterocycles. The Morgan fingerprint density at radius 3 is 2.85 bits per heavy atom. The van der Waals surface area contributed by atoms with Gasteiger partial charge in [0, 0.05) is 18.0 Å². The Morgan fingerprint density at radius 1 is 1.19 bits per heavy atom. The van der Waals surface area contributed by atoms with E-state index in [9.17, 15) is 4.79 Å². The van der Waals surface area contributed by atoms with Gasteiger partial charge in [0.05, 0.1) is 18.5 Å². The van der Waals surface area contributed by atoms with Crippen LogP contribution in [0.1, 0.15) is 28.9 Å². The average Bonchev–Trinajstić information content (AvgIpc) is 3.35. The summed E-state index contributed by atoms with van der Waals surface area (Å²) in [4.78, 5) is 21.3. The smallest absolute Gasteiger partial charge is 0.270 e. The monoisotopic (exact) mass is 347 g/mol. The SMILES string of the molecule is CCc1cc(C(=O)NCc2ccco2)nc2cc(-c3ccccn3)nn12. The van der Waals surface area contributed by atoms with E-state index in [-0.39, 0.29) is 5.91 Å². The molecular weight excluding hydrogens is 330 g/mol. The number of hydrogen-bond acceptors (Lipinski definition) is 5. The van der Waals surface area contributed by atoms with Gasteiger partial charge in [0.2, 0.25) is 0 Å². The molecule has 0 saturated carbocycles. The van der Waals surface area contributed by atoms with Gasteiger partial charge in [-0.15, -0.1) is 0 Å². The molecule has 1 amide bonds. The Labute approximate surface area is 149 Å². The molecule has 0 aliphatic carbocycles. The number of pyridine rings is 1. The number of carbonyl (C=O) groups excluding carboxylic acids is 1.